The van der Waals surface area contributed by atoms with Crippen molar-refractivity contribution in [3.05, 3.63) is 52.3 Å². The first-order valence-electron chi connectivity index (χ1n) is 8.44. The average molecular weight is 341 g/mol. The lowest BCUT2D eigenvalue weighted by molar-refractivity contribution is 0.310. The molecule has 1 aromatic carbocycles. The highest BCUT2D eigenvalue weighted by Gasteiger charge is 2.33. The molecule has 24 heavy (non-hydrogen) atoms. The highest BCUT2D eigenvalue weighted by atomic mass is 32.1. The van der Waals surface area contributed by atoms with Crippen LogP contribution in [0, 0.1) is 19.8 Å². The van der Waals surface area contributed by atoms with E-state index in [0.717, 1.165) is 41.8 Å². The Morgan fingerprint density at radius 3 is 2.75 bits per heavy atom. The van der Waals surface area contributed by atoms with Crippen molar-refractivity contribution in [1.29, 1.82) is 0 Å². The van der Waals surface area contributed by atoms with E-state index in [4.69, 9.17) is 5.73 Å². The topological polar surface area (TPSA) is 59.5 Å². The van der Waals surface area contributed by atoms with Gasteiger partial charge in [0, 0.05) is 25.6 Å². The van der Waals surface area contributed by atoms with Crippen molar-refractivity contribution in [2.75, 3.05) is 19.6 Å². The highest BCUT2D eigenvalue weighted by Crippen LogP contribution is 2.33. The van der Waals surface area contributed by atoms with Gasteiger partial charge in [0.1, 0.15) is 5.01 Å². The van der Waals surface area contributed by atoms with E-state index in [9.17, 15) is 0 Å². The molecule has 0 bridgehead atoms. The zero-order chi connectivity index (χ0) is 16.7. The molecule has 2 N–H and O–H groups in total. The van der Waals surface area contributed by atoms with Crippen LogP contribution in [-0.4, -0.2) is 39.1 Å². The quantitative estimate of drug-likeness (QED) is 0.792. The number of nitrogens with zero attached hydrogens (tertiary/aromatic N) is 4. The van der Waals surface area contributed by atoms with Crippen LogP contribution in [0.4, 0.5) is 0 Å². The van der Waals surface area contributed by atoms with Gasteiger partial charge < -0.3 is 5.73 Å². The second-order valence-corrected chi connectivity index (χ2v) is 7.83. The molecule has 0 aliphatic carbocycles. The van der Waals surface area contributed by atoms with Crippen LogP contribution in [0.15, 0.2) is 30.3 Å². The van der Waals surface area contributed by atoms with Gasteiger partial charge in [-0.05, 0) is 31.9 Å². The molecule has 0 radical (unpaired) electrons. The first-order chi connectivity index (χ1) is 11.7. The third kappa shape index (κ3) is 2.75. The summed E-state index contributed by atoms with van der Waals surface area (Å²) in [7, 11) is 0. The maximum atomic E-state index is 6.07. The van der Waals surface area contributed by atoms with Gasteiger partial charge in [0.25, 0.3) is 0 Å². The van der Waals surface area contributed by atoms with Gasteiger partial charge in [-0.15, -0.1) is 0 Å². The van der Waals surface area contributed by atoms with Crippen LogP contribution >= 0.6 is 11.3 Å². The number of likely N-dealkylation sites (tertiary alicyclic amines) is 1. The van der Waals surface area contributed by atoms with E-state index in [0.29, 0.717) is 11.8 Å². The van der Waals surface area contributed by atoms with E-state index in [2.05, 4.69) is 52.2 Å². The summed E-state index contributed by atoms with van der Waals surface area (Å²) in [6.45, 7) is 7.80. The van der Waals surface area contributed by atoms with Gasteiger partial charge in [-0.3, -0.25) is 4.90 Å². The molecular formula is C18H23N5S. The molecule has 1 saturated heterocycles. The molecule has 3 aromatic rings. The van der Waals surface area contributed by atoms with E-state index in [1.807, 2.05) is 11.4 Å². The van der Waals surface area contributed by atoms with Gasteiger partial charge in [-0.2, -0.15) is 5.10 Å². The van der Waals surface area contributed by atoms with Crippen LogP contribution in [0.1, 0.15) is 27.9 Å². The normalized spacial score (nSPS) is 21.8. The second-order valence-electron chi connectivity index (χ2n) is 6.67. The maximum absolute atomic E-state index is 6.07. The number of nitrogens with two attached hydrogens (primary N) is 1. The molecule has 2 atom stereocenters. The third-order valence-electron chi connectivity index (χ3n) is 5.02. The summed E-state index contributed by atoms with van der Waals surface area (Å²) in [5.74, 6) is 1.02. The zero-order valence-electron chi connectivity index (χ0n) is 14.1. The monoisotopic (exact) mass is 341 g/mol. The first-order valence-corrected chi connectivity index (χ1v) is 9.26. The van der Waals surface area contributed by atoms with Crippen molar-refractivity contribution in [2.24, 2.45) is 11.7 Å². The van der Waals surface area contributed by atoms with Crippen LogP contribution in [0.5, 0.6) is 0 Å². The van der Waals surface area contributed by atoms with Crippen LogP contribution in [0.25, 0.3) is 4.96 Å². The summed E-state index contributed by atoms with van der Waals surface area (Å²) in [4.78, 5) is 8.15. The van der Waals surface area contributed by atoms with E-state index in [1.54, 1.807) is 11.3 Å². The average Bonchev–Trinajstić information content (AvgIpc) is 3.23. The molecule has 1 aliphatic rings. The Hall–Kier alpha value is -1.76. The minimum absolute atomic E-state index is 0.508. The molecule has 0 unspecified atom stereocenters. The summed E-state index contributed by atoms with van der Waals surface area (Å²) in [6.07, 6.45) is 0. The van der Waals surface area contributed by atoms with E-state index >= 15 is 0 Å². The summed E-state index contributed by atoms with van der Waals surface area (Å²) >= 11 is 1.65. The summed E-state index contributed by atoms with van der Waals surface area (Å²) in [5, 5.41) is 5.67. The van der Waals surface area contributed by atoms with Crippen molar-refractivity contribution < 1.29 is 0 Å². The first kappa shape index (κ1) is 15.7. The van der Waals surface area contributed by atoms with Crippen molar-refractivity contribution in [2.45, 2.75) is 26.3 Å². The fraction of sp³-hybridized carbons (Fsp3) is 0.444. The molecule has 0 amide bonds. The van der Waals surface area contributed by atoms with Gasteiger partial charge in [0.15, 0.2) is 0 Å². The molecule has 2 aromatic heterocycles. The number of hydrogen-bond donors (Lipinski definition) is 1. The Labute approximate surface area is 146 Å². The number of hydrogen-bond acceptors (Lipinski definition) is 5. The molecule has 1 fully saturated rings. The number of aromatic nitrogens is 3. The van der Waals surface area contributed by atoms with Crippen molar-refractivity contribution >= 4 is 16.3 Å². The van der Waals surface area contributed by atoms with Crippen LogP contribution in [0.2, 0.25) is 0 Å². The fourth-order valence-corrected chi connectivity index (χ4v) is 4.59. The SMILES string of the molecule is Cc1nn2c(CN3C[C@@H](CN)[C@H](c4ccccc4)C3)c(C)nc2s1. The number of fused-ring (bicyclic) bond motifs is 1. The summed E-state index contributed by atoms with van der Waals surface area (Å²) < 4.78 is 2.02. The number of rotatable bonds is 4. The predicted octanol–water partition coefficient (Wildman–Crippen LogP) is 2.58. The Morgan fingerprint density at radius 1 is 1.21 bits per heavy atom. The second kappa shape index (κ2) is 6.27. The minimum atomic E-state index is 0.508. The Balaban J connectivity index is 1.58. The van der Waals surface area contributed by atoms with Gasteiger partial charge in [-0.1, -0.05) is 41.7 Å². The van der Waals surface area contributed by atoms with Crippen LogP contribution in [-0.2, 0) is 6.54 Å². The molecule has 6 heteroatoms. The van der Waals surface area contributed by atoms with Gasteiger partial charge in [0.2, 0.25) is 4.96 Å². The summed E-state index contributed by atoms with van der Waals surface area (Å²) in [5.41, 5.74) is 9.76. The van der Waals surface area contributed by atoms with Crippen molar-refractivity contribution in [3.8, 4) is 0 Å². The maximum Gasteiger partial charge on any atom is 0.212 e. The number of benzene rings is 1. The summed E-state index contributed by atoms with van der Waals surface area (Å²) in [6, 6.07) is 10.8. The largest absolute Gasteiger partial charge is 0.330 e. The Bertz CT molecular complexity index is 838. The molecule has 5 nitrogen and oxygen atoms in total. The van der Waals surface area contributed by atoms with Gasteiger partial charge in [0.05, 0.1) is 11.4 Å². The predicted molar refractivity (Wildman–Crippen MR) is 97.3 cm³/mol. The van der Waals surface area contributed by atoms with Gasteiger partial charge >= 0.3 is 0 Å². The Morgan fingerprint density at radius 2 is 2.00 bits per heavy atom. The Kier molecular flexibility index (Phi) is 4.12. The lowest BCUT2D eigenvalue weighted by Crippen LogP contribution is -2.24. The standard InChI is InChI=1S/C18H23N5S/c1-12-17(23-18(20-12)24-13(2)21-23)11-22-9-15(8-19)16(10-22)14-6-4-3-5-7-14/h3-7,15-16H,8-11,19H2,1-2H3/t15-,16+/m1/s1. The van der Waals surface area contributed by atoms with Crippen LogP contribution in [0.3, 0.4) is 0 Å². The van der Waals surface area contributed by atoms with Gasteiger partial charge in [-0.25, -0.2) is 9.50 Å². The molecule has 0 spiro atoms. The third-order valence-corrected chi connectivity index (χ3v) is 5.84. The smallest absolute Gasteiger partial charge is 0.212 e. The van der Waals surface area contributed by atoms with Crippen LogP contribution < -0.4 is 5.73 Å². The van der Waals surface area contributed by atoms with E-state index < -0.39 is 0 Å². The molecule has 3 heterocycles. The molecule has 4 rings (SSSR count). The van der Waals surface area contributed by atoms with E-state index in [1.165, 1.54) is 11.3 Å². The van der Waals surface area contributed by atoms with E-state index in [-0.39, 0.29) is 0 Å². The lowest BCUT2D eigenvalue weighted by Gasteiger charge is -2.16. The molecular weight excluding hydrogens is 318 g/mol. The minimum Gasteiger partial charge on any atom is -0.330 e. The molecule has 1 aliphatic heterocycles. The van der Waals surface area contributed by atoms with Crippen molar-refractivity contribution in [3.63, 3.8) is 0 Å². The molecule has 0 saturated carbocycles. The van der Waals surface area contributed by atoms with Crippen molar-refractivity contribution in [1.82, 2.24) is 19.5 Å². The number of aryl methyl sites for hydroxylation is 2. The molecule has 126 valence electrons. The number of imidazole rings is 1. The lowest BCUT2D eigenvalue weighted by atomic mass is 9.89. The fourth-order valence-electron chi connectivity index (χ4n) is 3.79. The zero-order valence-corrected chi connectivity index (χ0v) is 15.0. The highest BCUT2D eigenvalue weighted by molar-refractivity contribution is 7.16.